The van der Waals surface area contributed by atoms with E-state index in [0.29, 0.717) is 0 Å². The second kappa shape index (κ2) is 5.34. The van der Waals surface area contributed by atoms with Crippen LogP contribution >= 0.6 is 45.3 Å². The first-order chi connectivity index (χ1) is 8.31. The summed E-state index contributed by atoms with van der Waals surface area (Å²) < 4.78 is 1.26. The topological polar surface area (TPSA) is 24.9 Å². The van der Waals surface area contributed by atoms with Crippen LogP contribution in [-0.2, 0) is 25.9 Å². The molecule has 0 fully saturated rings. The number of nitrogens with one attached hydrogen (secondary N) is 1. The Labute approximate surface area is 123 Å². The molecular formula is C12H13IN2S2. The molecule has 0 bridgehead atoms. The summed E-state index contributed by atoms with van der Waals surface area (Å²) in [6.07, 6.45) is 5.87. The number of hydrogen-bond acceptors (Lipinski definition) is 4. The summed E-state index contributed by atoms with van der Waals surface area (Å²) in [5, 5.41) is 4.65. The maximum atomic E-state index is 4.35. The number of thiazole rings is 1. The number of fused-ring (bicyclic) bond motifs is 1. The Balaban J connectivity index is 1.54. The summed E-state index contributed by atoms with van der Waals surface area (Å²) >= 11 is 6.06. The highest BCUT2D eigenvalue weighted by Crippen LogP contribution is 2.30. The summed E-state index contributed by atoms with van der Waals surface area (Å²) in [7, 11) is 0. The smallest absolute Gasteiger partial charge is 0.107 e. The van der Waals surface area contributed by atoms with Gasteiger partial charge in [0.25, 0.3) is 0 Å². The minimum absolute atomic E-state index is 0.885. The van der Waals surface area contributed by atoms with Crippen molar-refractivity contribution in [1.29, 1.82) is 0 Å². The fourth-order valence-electron chi connectivity index (χ4n) is 2.14. The van der Waals surface area contributed by atoms with E-state index >= 15 is 0 Å². The zero-order valence-corrected chi connectivity index (χ0v) is 13.1. The normalized spacial score (nSPS) is 14.2. The molecule has 0 unspecified atom stereocenters. The minimum Gasteiger partial charge on any atom is -0.306 e. The zero-order chi connectivity index (χ0) is 11.7. The van der Waals surface area contributed by atoms with Crippen molar-refractivity contribution in [3.63, 3.8) is 0 Å². The number of nitrogens with zero attached hydrogens (tertiary/aromatic N) is 1. The summed E-state index contributed by atoms with van der Waals surface area (Å²) in [5.74, 6) is 0. The molecule has 2 aromatic rings. The molecule has 1 aliphatic rings. The molecule has 2 heterocycles. The Morgan fingerprint density at radius 3 is 3.00 bits per heavy atom. The molecule has 2 nitrogen and oxygen atoms in total. The first-order valence-electron chi connectivity index (χ1n) is 5.72. The molecule has 0 saturated heterocycles. The molecule has 0 atom stereocenters. The Morgan fingerprint density at radius 2 is 2.24 bits per heavy atom. The van der Waals surface area contributed by atoms with Crippen molar-refractivity contribution in [3.8, 4) is 0 Å². The molecule has 0 amide bonds. The third-order valence-corrected chi connectivity index (χ3v) is 5.86. The van der Waals surface area contributed by atoms with Gasteiger partial charge in [0.15, 0.2) is 0 Å². The van der Waals surface area contributed by atoms with Gasteiger partial charge in [0.1, 0.15) is 5.01 Å². The van der Waals surface area contributed by atoms with Gasteiger partial charge in [0.05, 0.1) is 9.08 Å². The van der Waals surface area contributed by atoms with Gasteiger partial charge in [-0.05, 0) is 53.5 Å². The van der Waals surface area contributed by atoms with Crippen molar-refractivity contribution in [2.75, 3.05) is 0 Å². The van der Waals surface area contributed by atoms with E-state index in [-0.39, 0.29) is 0 Å². The van der Waals surface area contributed by atoms with Crippen molar-refractivity contribution < 1.29 is 0 Å². The van der Waals surface area contributed by atoms with Crippen LogP contribution in [0.25, 0.3) is 0 Å². The Kier molecular flexibility index (Phi) is 3.79. The maximum Gasteiger partial charge on any atom is 0.107 e. The molecule has 0 spiro atoms. The zero-order valence-electron chi connectivity index (χ0n) is 9.33. The van der Waals surface area contributed by atoms with Crippen LogP contribution in [0.4, 0.5) is 0 Å². The van der Waals surface area contributed by atoms with Crippen molar-refractivity contribution in [2.24, 2.45) is 0 Å². The first kappa shape index (κ1) is 12.1. The van der Waals surface area contributed by atoms with Gasteiger partial charge in [-0.25, -0.2) is 4.98 Å². The van der Waals surface area contributed by atoms with Crippen molar-refractivity contribution in [2.45, 2.75) is 32.4 Å². The van der Waals surface area contributed by atoms with Crippen LogP contribution in [0.1, 0.15) is 26.7 Å². The number of rotatable bonds is 4. The Hall–Kier alpha value is 0.0200. The fraction of sp³-hybridized carbons (Fsp3) is 0.417. The maximum absolute atomic E-state index is 4.35. The van der Waals surface area contributed by atoms with E-state index in [1.54, 1.807) is 21.8 Å². The predicted octanol–water partition coefficient (Wildman–Crippen LogP) is 3.59. The van der Waals surface area contributed by atoms with E-state index in [9.17, 15) is 0 Å². The molecule has 0 saturated carbocycles. The number of halogens is 1. The quantitative estimate of drug-likeness (QED) is 0.825. The largest absolute Gasteiger partial charge is 0.306 e. The summed E-state index contributed by atoms with van der Waals surface area (Å²) in [5.41, 5.74) is 1.59. The second-order valence-electron chi connectivity index (χ2n) is 4.18. The molecule has 0 radical (unpaired) electrons. The van der Waals surface area contributed by atoms with Crippen LogP contribution in [0.3, 0.4) is 0 Å². The van der Waals surface area contributed by atoms with E-state index in [1.807, 2.05) is 17.5 Å². The molecule has 1 aliphatic carbocycles. The summed E-state index contributed by atoms with van der Waals surface area (Å²) in [6.45, 7) is 1.87. The highest BCUT2D eigenvalue weighted by atomic mass is 127. The summed E-state index contributed by atoms with van der Waals surface area (Å²) in [6, 6.07) is 2.38. The van der Waals surface area contributed by atoms with Gasteiger partial charge in [0, 0.05) is 22.8 Å². The molecule has 3 rings (SSSR count). The van der Waals surface area contributed by atoms with Gasteiger partial charge in [-0.2, -0.15) is 0 Å². The number of aryl methyl sites for hydroxylation is 2. The standard InChI is InChI=1S/C12H13IN2S2/c13-11-6-15-12(17-11)7-14-5-9-4-8-2-1-3-10(8)16-9/h4,6,14H,1-3,5,7H2. The second-order valence-corrected chi connectivity index (χ2v) is 8.41. The minimum atomic E-state index is 0.885. The molecule has 0 aliphatic heterocycles. The lowest BCUT2D eigenvalue weighted by Gasteiger charge is -1.99. The lowest BCUT2D eigenvalue weighted by molar-refractivity contribution is 0.697. The van der Waals surface area contributed by atoms with Crippen LogP contribution < -0.4 is 5.32 Å². The summed E-state index contributed by atoms with van der Waals surface area (Å²) in [4.78, 5) is 7.44. The average Bonchev–Trinajstić information content (AvgIpc) is 2.94. The molecule has 0 aromatic carbocycles. The van der Waals surface area contributed by atoms with Crippen LogP contribution in [0.2, 0.25) is 0 Å². The monoisotopic (exact) mass is 376 g/mol. The van der Waals surface area contributed by atoms with Gasteiger partial charge in [0.2, 0.25) is 0 Å². The first-order valence-corrected chi connectivity index (χ1v) is 8.44. The lowest BCUT2D eigenvalue weighted by Crippen LogP contribution is -2.11. The molecule has 90 valence electrons. The van der Waals surface area contributed by atoms with Gasteiger partial charge < -0.3 is 5.32 Å². The molecule has 17 heavy (non-hydrogen) atoms. The van der Waals surface area contributed by atoms with Crippen molar-refractivity contribution in [3.05, 3.63) is 35.5 Å². The van der Waals surface area contributed by atoms with Crippen LogP contribution in [0, 0.1) is 2.88 Å². The van der Waals surface area contributed by atoms with Gasteiger partial charge in [-0.1, -0.05) is 0 Å². The van der Waals surface area contributed by atoms with E-state index in [0.717, 1.165) is 13.1 Å². The Bertz CT molecular complexity index is 497. The van der Waals surface area contributed by atoms with Gasteiger partial charge >= 0.3 is 0 Å². The van der Waals surface area contributed by atoms with E-state index in [2.05, 4.69) is 39.0 Å². The van der Waals surface area contributed by atoms with Crippen LogP contribution in [0.15, 0.2) is 12.3 Å². The molecule has 2 aromatic heterocycles. The molecule has 5 heteroatoms. The van der Waals surface area contributed by atoms with Crippen LogP contribution in [0.5, 0.6) is 0 Å². The van der Waals surface area contributed by atoms with Crippen LogP contribution in [-0.4, -0.2) is 4.98 Å². The van der Waals surface area contributed by atoms with Gasteiger partial charge in [-0.15, -0.1) is 22.7 Å². The Morgan fingerprint density at radius 1 is 1.29 bits per heavy atom. The van der Waals surface area contributed by atoms with Gasteiger partial charge in [-0.3, -0.25) is 0 Å². The molecule has 1 N–H and O–H groups in total. The third kappa shape index (κ3) is 2.89. The predicted molar refractivity (Wildman–Crippen MR) is 81.7 cm³/mol. The van der Waals surface area contributed by atoms with E-state index in [1.165, 1.54) is 32.0 Å². The number of hydrogen-bond donors (Lipinski definition) is 1. The van der Waals surface area contributed by atoms with Crippen molar-refractivity contribution in [1.82, 2.24) is 10.3 Å². The van der Waals surface area contributed by atoms with E-state index < -0.39 is 0 Å². The highest BCUT2D eigenvalue weighted by molar-refractivity contribution is 14.1. The average molecular weight is 376 g/mol. The molecular weight excluding hydrogens is 363 g/mol. The number of thiophene rings is 1. The number of aromatic nitrogens is 1. The van der Waals surface area contributed by atoms with E-state index in [4.69, 9.17) is 0 Å². The fourth-order valence-corrected chi connectivity index (χ4v) is 4.88. The lowest BCUT2D eigenvalue weighted by atomic mass is 10.2. The highest BCUT2D eigenvalue weighted by Gasteiger charge is 2.14. The SMILES string of the molecule is Ic1cnc(CNCc2cc3c(s2)CCC3)s1. The van der Waals surface area contributed by atoms with Crippen molar-refractivity contribution >= 4 is 45.3 Å². The third-order valence-electron chi connectivity index (χ3n) is 2.90.